The molecule has 5 rings (SSSR count). The van der Waals surface area contributed by atoms with Gasteiger partial charge in [0.2, 0.25) is 0 Å². The zero-order valence-corrected chi connectivity index (χ0v) is 23.3. The molecule has 208 valence electrons. The van der Waals surface area contributed by atoms with E-state index in [-0.39, 0.29) is 5.71 Å². The van der Waals surface area contributed by atoms with E-state index in [0.717, 1.165) is 48.3 Å². The molecule has 0 amide bonds. The first-order chi connectivity index (χ1) is 19.3. The standard InChI is InChI=1S/C28H35N11O/c1-36(2)13-9-10-21-24(22-11-5-7-14-38(22)34-21)31-26-19(29)18-20(30)27(33-26)32-25-23-12-6-8-15-39(23)35-28(25)40-17-16-37(3)4/h5-8,11-12,14-15,18,29H,9-10,13,16-17,30H2,1-4H3,(H,31,32,33). The maximum atomic E-state index is 8.61. The van der Waals surface area contributed by atoms with Crippen LogP contribution in [-0.2, 0) is 6.42 Å². The third-order valence-electron chi connectivity index (χ3n) is 6.38. The van der Waals surface area contributed by atoms with E-state index in [1.54, 1.807) is 10.6 Å². The van der Waals surface area contributed by atoms with Crippen LogP contribution in [0.15, 0.2) is 70.5 Å². The first-order valence-electron chi connectivity index (χ1n) is 13.2. The van der Waals surface area contributed by atoms with Gasteiger partial charge in [-0.05, 0) is 77.9 Å². The summed E-state index contributed by atoms with van der Waals surface area (Å²) < 4.78 is 9.56. The summed E-state index contributed by atoms with van der Waals surface area (Å²) in [5.74, 6) is 1.11. The van der Waals surface area contributed by atoms with Gasteiger partial charge < -0.3 is 25.6 Å². The average molecular weight is 542 g/mol. The zero-order chi connectivity index (χ0) is 28.2. The molecule has 0 saturated carbocycles. The van der Waals surface area contributed by atoms with Crippen LogP contribution in [0.3, 0.4) is 0 Å². The van der Waals surface area contributed by atoms with Gasteiger partial charge in [-0.3, -0.25) is 5.41 Å². The highest BCUT2D eigenvalue weighted by Gasteiger charge is 2.23. The first kappa shape index (κ1) is 27.0. The Morgan fingerprint density at radius 3 is 2.25 bits per heavy atom. The number of pyridine rings is 2. The van der Waals surface area contributed by atoms with Gasteiger partial charge in [-0.2, -0.15) is 5.10 Å². The van der Waals surface area contributed by atoms with Crippen LogP contribution in [0.5, 0.6) is 5.88 Å². The van der Waals surface area contributed by atoms with E-state index in [1.165, 1.54) is 0 Å². The molecule has 0 atom stereocenters. The van der Waals surface area contributed by atoms with Gasteiger partial charge in [-0.15, -0.1) is 5.10 Å². The third kappa shape index (κ3) is 5.87. The van der Waals surface area contributed by atoms with Crippen molar-refractivity contribution in [2.24, 2.45) is 15.7 Å². The lowest BCUT2D eigenvalue weighted by atomic mass is 10.1. The molecule has 12 heteroatoms. The molecule has 0 spiro atoms. The SMILES string of the molecule is CN(C)CCCc1nn2ccccc2c1/N=C1\N/C(=N/c2c(OCCN(C)C)nn3ccccc23)C(N)=CC1=N. The molecule has 0 aliphatic carbocycles. The first-order valence-corrected chi connectivity index (χ1v) is 13.2. The van der Waals surface area contributed by atoms with Crippen molar-refractivity contribution >= 4 is 39.8 Å². The van der Waals surface area contributed by atoms with Crippen molar-refractivity contribution in [3.8, 4) is 5.88 Å². The van der Waals surface area contributed by atoms with Gasteiger partial charge in [0.25, 0.3) is 5.88 Å². The van der Waals surface area contributed by atoms with E-state index >= 15 is 0 Å². The van der Waals surface area contributed by atoms with E-state index in [1.807, 2.05) is 72.3 Å². The molecule has 4 aromatic heterocycles. The van der Waals surface area contributed by atoms with E-state index in [4.69, 9.17) is 31.0 Å². The monoisotopic (exact) mass is 541 g/mol. The number of ether oxygens (including phenoxy) is 1. The van der Waals surface area contributed by atoms with Crippen molar-refractivity contribution in [2.45, 2.75) is 12.8 Å². The molecule has 1 aliphatic rings. The van der Waals surface area contributed by atoms with E-state index < -0.39 is 0 Å². The molecule has 4 N–H and O–H groups in total. The molecular weight excluding hydrogens is 506 g/mol. The fourth-order valence-corrected chi connectivity index (χ4v) is 4.33. The average Bonchev–Trinajstić information content (AvgIpc) is 3.44. The van der Waals surface area contributed by atoms with Crippen LogP contribution in [0.4, 0.5) is 11.4 Å². The Bertz CT molecular complexity index is 1620. The van der Waals surface area contributed by atoms with Gasteiger partial charge in [-0.1, -0.05) is 12.1 Å². The number of aromatic nitrogens is 4. The Labute approximate surface area is 233 Å². The Morgan fingerprint density at radius 1 is 0.900 bits per heavy atom. The minimum atomic E-state index is 0.160. The molecule has 0 saturated heterocycles. The van der Waals surface area contributed by atoms with Gasteiger partial charge in [0.15, 0.2) is 17.4 Å². The number of nitrogens with one attached hydrogen (secondary N) is 2. The minimum absolute atomic E-state index is 0.160. The molecule has 12 nitrogen and oxygen atoms in total. The molecule has 0 bridgehead atoms. The van der Waals surface area contributed by atoms with Crippen LogP contribution in [-0.4, -0.2) is 94.3 Å². The summed E-state index contributed by atoms with van der Waals surface area (Å²) in [4.78, 5) is 13.9. The van der Waals surface area contributed by atoms with Gasteiger partial charge in [0.1, 0.15) is 12.3 Å². The van der Waals surface area contributed by atoms with Gasteiger partial charge in [0, 0.05) is 18.9 Å². The largest absolute Gasteiger partial charge is 0.474 e. The number of hydrogen-bond acceptors (Lipinski definition) is 9. The number of aliphatic imine (C=N–C) groups is 2. The maximum absolute atomic E-state index is 8.61. The molecule has 0 unspecified atom stereocenters. The van der Waals surface area contributed by atoms with Crippen LogP contribution < -0.4 is 15.8 Å². The summed E-state index contributed by atoms with van der Waals surface area (Å²) in [6.07, 6.45) is 7.00. The summed E-state index contributed by atoms with van der Waals surface area (Å²) in [6.45, 7) is 2.12. The summed E-state index contributed by atoms with van der Waals surface area (Å²) in [6, 6.07) is 11.6. The smallest absolute Gasteiger partial charge is 0.260 e. The van der Waals surface area contributed by atoms with Crippen LogP contribution in [0, 0.1) is 5.41 Å². The highest BCUT2D eigenvalue weighted by atomic mass is 16.5. The predicted molar refractivity (Wildman–Crippen MR) is 159 cm³/mol. The normalized spacial score (nSPS) is 16.1. The summed E-state index contributed by atoms with van der Waals surface area (Å²) in [5, 5.41) is 21.2. The summed E-state index contributed by atoms with van der Waals surface area (Å²) >= 11 is 0. The lowest BCUT2D eigenvalue weighted by Crippen LogP contribution is -2.42. The molecule has 5 heterocycles. The molecular formula is C28H35N11O. The number of nitrogens with zero attached hydrogens (tertiary/aromatic N) is 8. The Kier molecular flexibility index (Phi) is 7.89. The number of fused-ring (bicyclic) bond motifs is 2. The van der Waals surface area contributed by atoms with E-state index in [0.29, 0.717) is 35.5 Å². The molecule has 0 radical (unpaired) electrons. The van der Waals surface area contributed by atoms with Crippen molar-refractivity contribution in [1.29, 1.82) is 5.41 Å². The summed E-state index contributed by atoms with van der Waals surface area (Å²) in [5.41, 5.74) is 10.6. The third-order valence-corrected chi connectivity index (χ3v) is 6.38. The minimum Gasteiger partial charge on any atom is -0.474 e. The van der Waals surface area contributed by atoms with Crippen molar-refractivity contribution in [3.63, 3.8) is 0 Å². The molecule has 40 heavy (non-hydrogen) atoms. The highest BCUT2D eigenvalue weighted by molar-refractivity contribution is 6.50. The Balaban J connectivity index is 1.52. The lowest BCUT2D eigenvalue weighted by Gasteiger charge is -2.18. The van der Waals surface area contributed by atoms with Crippen LogP contribution in [0.1, 0.15) is 12.1 Å². The number of aryl methyl sites for hydroxylation is 1. The number of hydrogen-bond donors (Lipinski definition) is 3. The zero-order valence-electron chi connectivity index (χ0n) is 23.3. The Morgan fingerprint density at radius 2 is 1.55 bits per heavy atom. The molecule has 1 aliphatic heterocycles. The quantitative estimate of drug-likeness (QED) is 0.281. The number of amidine groups is 2. The van der Waals surface area contributed by atoms with Crippen molar-refractivity contribution in [2.75, 3.05) is 47.9 Å². The van der Waals surface area contributed by atoms with Gasteiger partial charge in [0.05, 0.1) is 28.1 Å². The van der Waals surface area contributed by atoms with Crippen LogP contribution in [0.2, 0.25) is 0 Å². The molecule has 0 fully saturated rings. The Hall–Kier alpha value is -4.55. The number of likely N-dealkylation sites (N-methyl/N-ethyl adjacent to an activating group) is 1. The van der Waals surface area contributed by atoms with Crippen molar-refractivity contribution < 1.29 is 4.74 Å². The second kappa shape index (κ2) is 11.7. The number of nitrogens with two attached hydrogens (primary N) is 1. The van der Waals surface area contributed by atoms with E-state index in [2.05, 4.69) is 29.4 Å². The number of rotatable bonds is 10. The lowest BCUT2D eigenvalue weighted by molar-refractivity contribution is 0.254. The van der Waals surface area contributed by atoms with Gasteiger partial charge >= 0.3 is 0 Å². The summed E-state index contributed by atoms with van der Waals surface area (Å²) in [7, 11) is 8.08. The fourth-order valence-electron chi connectivity index (χ4n) is 4.33. The second-order valence-corrected chi connectivity index (χ2v) is 10.1. The highest BCUT2D eigenvalue weighted by Crippen LogP contribution is 2.32. The van der Waals surface area contributed by atoms with E-state index in [9.17, 15) is 0 Å². The van der Waals surface area contributed by atoms with Crippen molar-refractivity contribution in [3.05, 3.63) is 66.3 Å². The van der Waals surface area contributed by atoms with Gasteiger partial charge in [-0.25, -0.2) is 19.0 Å². The van der Waals surface area contributed by atoms with Crippen LogP contribution in [0.25, 0.3) is 11.0 Å². The topological polar surface area (TPSA) is 137 Å². The van der Waals surface area contributed by atoms with Crippen molar-refractivity contribution in [1.82, 2.24) is 34.3 Å². The fraction of sp³-hybridized carbons (Fsp3) is 0.321. The van der Waals surface area contributed by atoms with Crippen LogP contribution >= 0.6 is 0 Å². The predicted octanol–water partition coefficient (Wildman–Crippen LogP) is 2.64. The molecule has 0 aromatic carbocycles. The molecule has 4 aromatic rings. The second-order valence-electron chi connectivity index (χ2n) is 10.1. The maximum Gasteiger partial charge on any atom is 0.260 e.